The summed E-state index contributed by atoms with van der Waals surface area (Å²) in [5.41, 5.74) is 1.57. The maximum Gasteiger partial charge on any atom is 0.488 e. The third kappa shape index (κ3) is 3.82. The number of carbonyl (C=O) groups excluding carboxylic acids is 1. The summed E-state index contributed by atoms with van der Waals surface area (Å²) in [4.78, 5) is 12.3. The predicted octanol–water partition coefficient (Wildman–Crippen LogP) is 1.46. The van der Waals surface area contributed by atoms with E-state index in [1.807, 2.05) is 36.4 Å². The number of carbonyl (C=O) groups is 1. The lowest BCUT2D eigenvalue weighted by molar-refractivity contribution is 0.0951. The van der Waals surface area contributed by atoms with Crippen molar-refractivity contribution in [2.75, 3.05) is 7.11 Å². The van der Waals surface area contributed by atoms with Crippen molar-refractivity contribution < 1.29 is 19.6 Å². The molecular formula is C19H18BNO4. The molecule has 6 heteroatoms. The Bertz CT molecular complexity index is 911. The number of methoxy groups -OCH3 is 1. The molecule has 3 N–H and O–H groups in total. The van der Waals surface area contributed by atoms with Crippen molar-refractivity contribution in [3.8, 4) is 5.75 Å². The molecule has 0 aliphatic carbocycles. The molecule has 3 aromatic carbocycles. The van der Waals surface area contributed by atoms with Gasteiger partial charge in [-0.1, -0.05) is 36.4 Å². The van der Waals surface area contributed by atoms with Crippen LogP contribution in [0.1, 0.15) is 15.9 Å². The van der Waals surface area contributed by atoms with E-state index in [-0.39, 0.29) is 11.4 Å². The van der Waals surface area contributed by atoms with Gasteiger partial charge in [-0.3, -0.25) is 4.79 Å². The van der Waals surface area contributed by atoms with E-state index in [1.165, 1.54) is 6.07 Å². The number of rotatable bonds is 5. The largest absolute Gasteiger partial charge is 0.496 e. The first-order valence-electron chi connectivity index (χ1n) is 7.88. The SMILES string of the molecule is COc1cc(CNC(=O)c2cccc(B(O)O)c2)cc2ccccc12. The van der Waals surface area contributed by atoms with Crippen molar-refractivity contribution in [2.45, 2.75) is 6.54 Å². The van der Waals surface area contributed by atoms with Crippen LogP contribution in [0.3, 0.4) is 0 Å². The molecule has 0 fully saturated rings. The van der Waals surface area contributed by atoms with Gasteiger partial charge in [0.05, 0.1) is 7.11 Å². The average molecular weight is 335 g/mol. The van der Waals surface area contributed by atoms with E-state index in [9.17, 15) is 14.8 Å². The molecule has 0 aromatic heterocycles. The summed E-state index contributed by atoms with van der Waals surface area (Å²) in [6, 6.07) is 18.0. The third-order valence-corrected chi connectivity index (χ3v) is 4.00. The molecule has 0 aliphatic heterocycles. The molecule has 3 aromatic rings. The van der Waals surface area contributed by atoms with Crippen LogP contribution < -0.4 is 15.5 Å². The topological polar surface area (TPSA) is 78.8 Å². The molecule has 126 valence electrons. The summed E-state index contributed by atoms with van der Waals surface area (Å²) in [7, 11) is 0.0213. The minimum Gasteiger partial charge on any atom is -0.496 e. The van der Waals surface area contributed by atoms with Gasteiger partial charge in [-0.05, 0) is 40.7 Å². The highest BCUT2D eigenvalue weighted by atomic mass is 16.5. The fourth-order valence-corrected chi connectivity index (χ4v) is 2.73. The zero-order valence-corrected chi connectivity index (χ0v) is 13.8. The van der Waals surface area contributed by atoms with Crippen LogP contribution in [0.2, 0.25) is 0 Å². The van der Waals surface area contributed by atoms with Gasteiger partial charge in [0, 0.05) is 17.5 Å². The van der Waals surface area contributed by atoms with Gasteiger partial charge in [0.1, 0.15) is 5.75 Å². The van der Waals surface area contributed by atoms with Gasteiger partial charge in [0.25, 0.3) is 5.91 Å². The van der Waals surface area contributed by atoms with E-state index < -0.39 is 7.12 Å². The summed E-state index contributed by atoms with van der Waals surface area (Å²) >= 11 is 0. The zero-order chi connectivity index (χ0) is 17.8. The van der Waals surface area contributed by atoms with Crippen LogP contribution in [0.25, 0.3) is 10.8 Å². The second-order valence-electron chi connectivity index (χ2n) is 5.70. The number of benzene rings is 3. The number of hydrogen-bond donors (Lipinski definition) is 3. The highest BCUT2D eigenvalue weighted by molar-refractivity contribution is 6.58. The number of hydrogen-bond acceptors (Lipinski definition) is 4. The maximum absolute atomic E-state index is 12.3. The Balaban J connectivity index is 1.78. The lowest BCUT2D eigenvalue weighted by Crippen LogP contribution is -2.31. The first-order chi connectivity index (χ1) is 12.1. The molecule has 0 atom stereocenters. The molecule has 0 saturated heterocycles. The molecule has 0 radical (unpaired) electrons. The lowest BCUT2D eigenvalue weighted by Gasteiger charge is -2.11. The number of ether oxygens (including phenoxy) is 1. The molecule has 0 spiro atoms. The molecule has 5 nitrogen and oxygen atoms in total. The highest BCUT2D eigenvalue weighted by Gasteiger charge is 2.14. The predicted molar refractivity (Wildman–Crippen MR) is 97.9 cm³/mol. The Morgan fingerprint density at radius 3 is 2.64 bits per heavy atom. The van der Waals surface area contributed by atoms with E-state index in [0.29, 0.717) is 12.1 Å². The van der Waals surface area contributed by atoms with E-state index in [2.05, 4.69) is 5.32 Å². The van der Waals surface area contributed by atoms with Crippen LogP contribution in [0, 0.1) is 0 Å². The fraction of sp³-hybridized carbons (Fsp3) is 0.105. The first kappa shape index (κ1) is 17.0. The standard InChI is InChI=1S/C19H18BNO4/c1-25-18-10-13(9-14-5-2-3-8-17(14)18)12-21-19(22)15-6-4-7-16(11-15)20(23)24/h2-11,23-24H,12H2,1H3,(H,21,22). The molecule has 0 unspecified atom stereocenters. The van der Waals surface area contributed by atoms with Gasteiger partial charge < -0.3 is 20.1 Å². The van der Waals surface area contributed by atoms with Crippen LogP contribution in [0.4, 0.5) is 0 Å². The van der Waals surface area contributed by atoms with Crippen LogP contribution in [-0.4, -0.2) is 30.2 Å². The Morgan fingerprint density at radius 2 is 1.88 bits per heavy atom. The first-order valence-corrected chi connectivity index (χ1v) is 7.88. The second-order valence-corrected chi connectivity index (χ2v) is 5.70. The molecule has 0 heterocycles. The maximum atomic E-state index is 12.3. The average Bonchev–Trinajstić information content (AvgIpc) is 2.65. The molecule has 25 heavy (non-hydrogen) atoms. The minimum atomic E-state index is -1.60. The Labute approximate surface area is 146 Å². The monoisotopic (exact) mass is 335 g/mol. The van der Waals surface area contributed by atoms with Crippen molar-refractivity contribution in [1.82, 2.24) is 5.32 Å². The van der Waals surface area contributed by atoms with Crippen molar-refractivity contribution in [1.29, 1.82) is 0 Å². The van der Waals surface area contributed by atoms with Crippen LogP contribution in [0.15, 0.2) is 60.7 Å². The Kier molecular flexibility index (Phi) is 5.02. The Morgan fingerprint density at radius 1 is 1.08 bits per heavy atom. The summed E-state index contributed by atoms with van der Waals surface area (Å²) in [5.74, 6) is 0.474. The van der Waals surface area contributed by atoms with Crippen molar-refractivity contribution in [3.63, 3.8) is 0 Å². The van der Waals surface area contributed by atoms with E-state index in [1.54, 1.807) is 25.3 Å². The van der Waals surface area contributed by atoms with Crippen LogP contribution >= 0.6 is 0 Å². The van der Waals surface area contributed by atoms with E-state index >= 15 is 0 Å². The number of amides is 1. The number of fused-ring (bicyclic) bond motifs is 1. The molecule has 0 bridgehead atoms. The van der Waals surface area contributed by atoms with Crippen molar-refractivity contribution in [3.05, 3.63) is 71.8 Å². The van der Waals surface area contributed by atoms with Gasteiger partial charge in [-0.2, -0.15) is 0 Å². The normalized spacial score (nSPS) is 10.5. The highest BCUT2D eigenvalue weighted by Crippen LogP contribution is 2.27. The second kappa shape index (κ2) is 7.38. The third-order valence-electron chi connectivity index (χ3n) is 4.00. The number of nitrogens with one attached hydrogen (secondary N) is 1. The molecular weight excluding hydrogens is 317 g/mol. The van der Waals surface area contributed by atoms with Gasteiger partial charge in [-0.15, -0.1) is 0 Å². The Hall–Kier alpha value is -2.83. The van der Waals surface area contributed by atoms with Crippen LogP contribution in [-0.2, 0) is 6.54 Å². The molecule has 1 amide bonds. The zero-order valence-electron chi connectivity index (χ0n) is 13.8. The summed E-state index contributed by atoms with van der Waals surface area (Å²) < 4.78 is 5.43. The van der Waals surface area contributed by atoms with Gasteiger partial charge >= 0.3 is 7.12 Å². The van der Waals surface area contributed by atoms with Crippen LogP contribution in [0.5, 0.6) is 5.75 Å². The lowest BCUT2D eigenvalue weighted by atomic mass is 9.79. The smallest absolute Gasteiger partial charge is 0.488 e. The van der Waals surface area contributed by atoms with Gasteiger partial charge in [-0.25, -0.2) is 0 Å². The minimum absolute atomic E-state index is 0.278. The molecule has 0 saturated carbocycles. The summed E-state index contributed by atoms with van der Waals surface area (Å²) in [5, 5.41) is 23.3. The quantitative estimate of drug-likeness (QED) is 0.617. The molecule has 3 rings (SSSR count). The summed E-state index contributed by atoms with van der Waals surface area (Å²) in [6.07, 6.45) is 0. The molecule has 0 aliphatic rings. The fourth-order valence-electron chi connectivity index (χ4n) is 2.73. The van der Waals surface area contributed by atoms with Gasteiger partial charge in [0.2, 0.25) is 0 Å². The van der Waals surface area contributed by atoms with Gasteiger partial charge in [0.15, 0.2) is 0 Å². The van der Waals surface area contributed by atoms with E-state index in [4.69, 9.17) is 4.74 Å². The van der Waals surface area contributed by atoms with Crippen molar-refractivity contribution in [2.24, 2.45) is 0 Å². The van der Waals surface area contributed by atoms with E-state index in [0.717, 1.165) is 22.1 Å². The summed E-state index contributed by atoms with van der Waals surface area (Å²) in [6.45, 7) is 0.339. The van der Waals surface area contributed by atoms with Crippen molar-refractivity contribution >= 4 is 29.3 Å².